The second-order valence-electron chi connectivity index (χ2n) is 8.59. The highest BCUT2D eigenvalue weighted by Gasteiger charge is 2.16. The van der Waals surface area contributed by atoms with E-state index in [1.807, 2.05) is 0 Å². The van der Waals surface area contributed by atoms with E-state index in [0.717, 1.165) is 4.90 Å². The molecule has 0 radical (unpaired) electrons. The predicted molar refractivity (Wildman–Crippen MR) is 166 cm³/mol. The Morgan fingerprint density at radius 1 is 0.829 bits per heavy atom. The molecule has 0 aliphatic heterocycles. The van der Waals surface area contributed by atoms with Gasteiger partial charge in [-0.3, -0.25) is 14.4 Å². The summed E-state index contributed by atoms with van der Waals surface area (Å²) in [5.74, 6) is -0.301. The first-order valence-corrected chi connectivity index (χ1v) is 14.1. The van der Waals surface area contributed by atoms with E-state index in [1.165, 1.54) is 17.8 Å². The molecule has 0 bridgehead atoms. The van der Waals surface area contributed by atoms with Crippen molar-refractivity contribution in [2.45, 2.75) is 4.90 Å². The van der Waals surface area contributed by atoms with Gasteiger partial charge in [0.1, 0.15) is 11.4 Å². The Morgan fingerprint density at radius 2 is 1.59 bits per heavy atom. The van der Waals surface area contributed by atoms with E-state index < -0.39 is 11.8 Å². The average Bonchev–Trinajstić information content (AvgIpc) is 2.98. The van der Waals surface area contributed by atoms with E-state index in [9.17, 15) is 14.4 Å². The maximum atomic E-state index is 13.3. The minimum Gasteiger partial charge on any atom is -0.497 e. The Hall–Kier alpha value is -4.24. The van der Waals surface area contributed by atoms with Crippen molar-refractivity contribution in [3.05, 3.63) is 124 Å². The highest BCUT2D eigenvalue weighted by atomic mass is 35.5. The molecule has 0 saturated heterocycles. The molecule has 4 aromatic rings. The third-order valence-corrected chi connectivity index (χ3v) is 7.20. The van der Waals surface area contributed by atoms with Gasteiger partial charge in [0, 0.05) is 37.9 Å². The van der Waals surface area contributed by atoms with Gasteiger partial charge in [0.05, 0.1) is 12.9 Å². The van der Waals surface area contributed by atoms with Crippen LogP contribution < -0.4 is 20.7 Å². The summed E-state index contributed by atoms with van der Waals surface area (Å²) in [6, 6.07) is 27.5. The van der Waals surface area contributed by atoms with Crippen LogP contribution in [0, 0.1) is 0 Å². The molecule has 0 spiro atoms. The summed E-state index contributed by atoms with van der Waals surface area (Å²) in [5, 5.41) is 9.08. The quantitative estimate of drug-likeness (QED) is 0.132. The van der Waals surface area contributed by atoms with Crippen LogP contribution in [0.2, 0.25) is 10.0 Å². The minimum absolute atomic E-state index is 0.00394. The molecule has 4 aromatic carbocycles. The fourth-order valence-electron chi connectivity index (χ4n) is 3.60. The second-order valence-corrected chi connectivity index (χ2v) is 10.5. The summed E-state index contributed by atoms with van der Waals surface area (Å²) in [6.45, 7) is 0. The van der Waals surface area contributed by atoms with Crippen LogP contribution in [-0.4, -0.2) is 30.6 Å². The number of ether oxygens (including phenoxy) is 1. The number of rotatable bonds is 10. The maximum Gasteiger partial charge on any atom is 0.272 e. The molecule has 0 atom stereocenters. The zero-order valence-corrected chi connectivity index (χ0v) is 24.1. The summed E-state index contributed by atoms with van der Waals surface area (Å²) in [4.78, 5) is 39.3. The molecule has 3 N–H and O–H groups in total. The van der Waals surface area contributed by atoms with Crippen molar-refractivity contribution in [3.63, 3.8) is 0 Å². The number of halogens is 2. The first-order chi connectivity index (χ1) is 19.8. The normalized spacial score (nSPS) is 11.0. The first kappa shape index (κ1) is 29.7. The van der Waals surface area contributed by atoms with Crippen LogP contribution in [0.3, 0.4) is 0 Å². The number of anilines is 2. The molecule has 41 heavy (non-hydrogen) atoms. The lowest BCUT2D eigenvalue weighted by Crippen LogP contribution is -2.30. The second kappa shape index (κ2) is 14.4. The van der Waals surface area contributed by atoms with Gasteiger partial charge in [0.15, 0.2) is 0 Å². The van der Waals surface area contributed by atoms with Crippen molar-refractivity contribution in [2.24, 2.45) is 0 Å². The number of amides is 3. The molecule has 208 valence electrons. The van der Waals surface area contributed by atoms with Crippen LogP contribution in [0.1, 0.15) is 15.9 Å². The van der Waals surface area contributed by atoms with Gasteiger partial charge in [0.25, 0.3) is 11.8 Å². The van der Waals surface area contributed by atoms with Crippen LogP contribution in [0.5, 0.6) is 5.75 Å². The van der Waals surface area contributed by atoms with Crippen molar-refractivity contribution in [2.75, 3.05) is 23.5 Å². The maximum absolute atomic E-state index is 13.3. The third kappa shape index (κ3) is 8.88. The van der Waals surface area contributed by atoms with E-state index in [-0.39, 0.29) is 17.4 Å². The summed E-state index contributed by atoms with van der Waals surface area (Å²) < 4.78 is 5.18. The summed E-state index contributed by atoms with van der Waals surface area (Å²) in [7, 11) is 1.57. The van der Waals surface area contributed by atoms with Crippen molar-refractivity contribution in [3.8, 4) is 5.75 Å². The molecule has 0 fully saturated rings. The third-order valence-electron chi connectivity index (χ3n) is 5.63. The minimum atomic E-state index is -0.543. The predicted octanol–water partition coefficient (Wildman–Crippen LogP) is 7.14. The number of thioether (sulfide) groups is 1. The largest absolute Gasteiger partial charge is 0.497 e. The topological polar surface area (TPSA) is 96.5 Å². The number of hydrogen-bond acceptors (Lipinski definition) is 5. The lowest BCUT2D eigenvalue weighted by Gasteiger charge is -2.12. The van der Waals surface area contributed by atoms with E-state index in [0.29, 0.717) is 38.3 Å². The summed E-state index contributed by atoms with van der Waals surface area (Å²) in [6.07, 6.45) is 1.49. The van der Waals surface area contributed by atoms with Crippen molar-refractivity contribution < 1.29 is 19.1 Å². The molecule has 0 unspecified atom stereocenters. The molecular weight excluding hydrogens is 581 g/mol. The zero-order chi connectivity index (χ0) is 29.2. The van der Waals surface area contributed by atoms with Crippen LogP contribution in [0.15, 0.2) is 108 Å². The van der Waals surface area contributed by atoms with Crippen molar-refractivity contribution in [1.82, 2.24) is 5.32 Å². The Morgan fingerprint density at radius 3 is 2.29 bits per heavy atom. The highest BCUT2D eigenvalue weighted by molar-refractivity contribution is 8.00. The number of hydrogen-bond donors (Lipinski definition) is 3. The standard InChI is InChI=1S/C31H25Cl2N3O4S/c1-40-25-9-5-8-24(18-25)34-29(37)19-41-26-14-12-23(13-15-26)35-31(39)28(16-21-10-11-22(32)17-27(21)33)36-30(38)20-6-3-2-4-7-20/h2-18H,19H2,1H3,(H,34,37)(H,35,39)(H,36,38)/b28-16-. The van der Waals surface area contributed by atoms with Gasteiger partial charge >= 0.3 is 0 Å². The molecule has 4 rings (SSSR count). The molecule has 0 heterocycles. The lowest BCUT2D eigenvalue weighted by atomic mass is 10.1. The number of carbonyl (C=O) groups is 3. The Bertz CT molecular complexity index is 1580. The van der Waals surface area contributed by atoms with E-state index in [4.69, 9.17) is 27.9 Å². The fourth-order valence-corrected chi connectivity index (χ4v) is 4.76. The van der Waals surface area contributed by atoms with Crippen LogP contribution in [0.25, 0.3) is 6.08 Å². The smallest absolute Gasteiger partial charge is 0.272 e. The fraction of sp³-hybridized carbons (Fsp3) is 0.0645. The first-order valence-electron chi connectivity index (χ1n) is 12.3. The number of carbonyl (C=O) groups excluding carboxylic acids is 3. The van der Waals surface area contributed by atoms with Gasteiger partial charge in [-0.15, -0.1) is 11.8 Å². The van der Waals surface area contributed by atoms with Crippen LogP contribution in [-0.2, 0) is 9.59 Å². The van der Waals surface area contributed by atoms with Gasteiger partial charge in [0.2, 0.25) is 5.91 Å². The molecule has 3 amide bonds. The molecule has 0 saturated carbocycles. The molecule has 10 heteroatoms. The molecule has 0 aliphatic carbocycles. The Balaban J connectivity index is 1.42. The number of nitrogens with one attached hydrogen (secondary N) is 3. The lowest BCUT2D eigenvalue weighted by molar-refractivity contribution is -0.114. The molecule has 0 aliphatic rings. The number of benzene rings is 4. The van der Waals surface area contributed by atoms with Gasteiger partial charge in [-0.1, -0.05) is 53.5 Å². The number of methoxy groups -OCH3 is 1. The van der Waals surface area contributed by atoms with E-state index >= 15 is 0 Å². The van der Waals surface area contributed by atoms with Gasteiger partial charge in [-0.05, 0) is 72.3 Å². The molecule has 0 aromatic heterocycles. The summed E-state index contributed by atoms with van der Waals surface area (Å²) in [5.41, 5.74) is 2.05. The molecular formula is C31H25Cl2N3O4S. The van der Waals surface area contributed by atoms with Gasteiger partial charge in [-0.25, -0.2) is 0 Å². The SMILES string of the molecule is COc1cccc(NC(=O)CSc2ccc(NC(=O)/C(=C/c3ccc(Cl)cc3Cl)NC(=O)c3ccccc3)cc2)c1. The van der Waals surface area contributed by atoms with Crippen LogP contribution >= 0.6 is 35.0 Å². The zero-order valence-electron chi connectivity index (χ0n) is 21.8. The van der Waals surface area contributed by atoms with E-state index in [1.54, 1.807) is 104 Å². The van der Waals surface area contributed by atoms with E-state index in [2.05, 4.69) is 16.0 Å². The monoisotopic (exact) mass is 605 g/mol. The molecule has 7 nitrogen and oxygen atoms in total. The Labute approximate surface area is 251 Å². The summed E-state index contributed by atoms with van der Waals surface area (Å²) >= 11 is 13.7. The highest BCUT2D eigenvalue weighted by Crippen LogP contribution is 2.24. The van der Waals surface area contributed by atoms with Crippen LogP contribution in [0.4, 0.5) is 11.4 Å². The Kier molecular flexibility index (Phi) is 10.5. The van der Waals surface area contributed by atoms with Crippen molar-refractivity contribution in [1.29, 1.82) is 0 Å². The average molecular weight is 607 g/mol. The van der Waals surface area contributed by atoms with Crippen molar-refractivity contribution >= 4 is 70.1 Å². The van der Waals surface area contributed by atoms with Gasteiger partial charge in [-0.2, -0.15) is 0 Å². The van der Waals surface area contributed by atoms with Gasteiger partial charge < -0.3 is 20.7 Å².